The Hall–Kier alpha value is -0.610. The number of oxime groups is 1. The first-order chi connectivity index (χ1) is 13.9. The second-order valence-electron chi connectivity index (χ2n) is 11.5. The predicted molar refractivity (Wildman–Crippen MR) is 119 cm³/mol. The van der Waals surface area contributed by atoms with E-state index in [9.17, 15) is 5.11 Å². The van der Waals surface area contributed by atoms with Gasteiger partial charge < -0.3 is 15.7 Å². The zero-order valence-corrected chi connectivity index (χ0v) is 18.9. The molecule has 0 aromatic heterocycles. The first-order valence-electron chi connectivity index (χ1n) is 12.5. The van der Waals surface area contributed by atoms with Crippen molar-refractivity contribution in [2.45, 2.75) is 103 Å². The molecule has 0 aliphatic heterocycles. The average Bonchev–Trinajstić information content (AvgIpc) is 3.10. The Morgan fingerprint density at radius 1 is 1.07 bits per heavy atom. The van der Waals surface area contributed by atoms with E-state index in [-0.39, 0.29) is 0 Å². The van der Waals surface area contributed by atoms with E-state index in [0.29, 0.717) is 29.9 Å². The summed E-state index contributed by atoms with van der Waals surface area (Å²) in [4.78, 5) is 5.21. The van der Waals surface area contributed by atoms with Crippen LogP contribution in [0.4, 0.5) is 0 Å². The molecule has 0 bridgehead atoms. The summed E-state index contributed by atoms with van der Waals surface area (Å²) in [5.74, 6) is 3.54. The van der Waals surface area contributed by atoms with Crippen molar-refractivity contribution in [1.29, 1.82) is 0 Å². The Morgan fingerprint density at radius 3 is 2.76 bits per heavy atom. The number of nitrogens with zero attached hydrogens (tertiary/aromatic N) is 1. The summed E-state index contributed by atoms with van der Waals surface area (Å²) in [6.45, 7) is 6.41. The molecule has 4 saturated carbocycles. The summed E-state index contributed by atoms with van der Waals surface area (Å²) in [5, 5.41) is 15.4. The highest BCUT2D eigenvalue weighted by Crippen LogP contribution is 2.67. The van der Waals surface area contributed by atoms with Crippen LogP contribution in [0.2, 0.25) is 0 Å². The van der Waals surface area contributed by atoms with Crippen LogP contribution in [0.25, 0.3) is 0 Å². The highest BCUT2D eigenvalue weighted by molar-refractivity contribution is 5.56. The smallest absolute Gasteiger partial charge is 0.118 e. The predicted octanol–water partition coefficient (Wildman–Crippen LogP) is 5.28. The Balaban J connectivity index is 1.34. The zero-order chi connectivity index (χ0) is 20.5. The van der Waals surface area contributed by atoms with E-state index < -0.39 is 5.60 Å². The molecule has 0 unspecified atom stereocenters. The molecule has 0 amide bonds. The van der Waals surface area contributed by atoms with Gasteiger partial charge in [-0.25, -0.2) is 0 Å². The quantitative estimate of drug-likeness (QED) is 0.344. The average molecular weight is 405 g/mol. The molecule has 4 aliphatic carbocycles. The number of aliphatic hydroxyl groups is 1. The molecule has 0 saturated heterocycles. The maximum atomic E-state index is 11.3. The minimum atomic E-state index is -0.503. The van der Waals surface area contributed by atoms with Crippen molar-refractivity contribution in [2.75, 3.05) is 13.2 Å². The van der Waals surface area contributed by atoms with E-state index >= 15 is 0 Å². The molecule has 29 heavy (non-hydrogen) atoms. The van der Waals surface area contributed by atoms with E-state index in [4.69, 9.17) is 10.6 Å². The molecule has 0 radical (unpaired) electrons. The fraction of sp³-hybridized carbons (Fsp3) is 0.960. The van der Waals surface area contributed by atoms with Crippen molar-refractivity contribution in [3.8, 4) is 0 Å². The van der Waals surface area contributed by atoms with Crippen LogP contribution in [0.5, 0.6) is 0 Å². The molecule has 0 heterocycles. The van der Waals surface area contributed by atoms with Gasteiger partial charge in [-0.15, -0.1) is 0 Å². The van der Waals surface area contributed by atoms with E-state index in [1.165, 1.54) is 51.4 Å². The first kappa shape index (κ1) is 21.6. The third kappa shape index (κ3) is 4.13. The Morgan fingerprint density at radius 2 is 1.93 bits per heavy atom. The highest BCUT2D eigenvalue weighted by Gasteiger charge is 2.59. The molecule has 0 aromatic carbocycles. The summed E-state index contributed by atoms with van der Waals surface area (Å²) in [6, 6.07) is 0. The van der Waals surface area contributed by atoms with Gasteiger partial charge in [0, 0.05) is 6.21 Å². The van der Waals surface area contributed by atoms with E-state index in [2.05, 4.69) is 19.0 Å². The maximum Gasteiger partial charge on any atom is 0.118 e. The van der Waals surface area contributed by atoms with Crippen LogP contribution in [-0.4, -0.2) is 30.1 Å². The Labute approximate surface area is 178 Å². The van der Waals surface area contributed by atoms with E-state index in [1.807, 2.05) is 6.21 Å². The van der Waals surface area contributed by atoms with Crippen LogP contribution in [0.3, 0.4) is 0 Å². The van der Waals surface area contributed by atoms with Gasteiger partial charge in [0.15, 0.2) is 0 Å². The van der Waals surface area contributed by atoms with Crippen molar-refractivity contribution in [3.05, 3.63) is 0 Å². The van der Waals surface area contributed by atoms with Crippen LogP contribution in [0.15, 0.2) is 5.16 Å². The Kier molecular flexibility index (Phi) is 6.33. The zero-order valence-electron chi connectivity index (χ0n) is 18.9. The molecule has 4 heteroatoms. The third-order valence-electron chi connectivity index (χ3n) is 9.93. The van der Waals surface area contributed by atoms with Gasteiger partial charge in [0.25, 0.3) is 0 Å². The van der Waals surface area contributed by atoms with Crippen LogP contribution in [0, 0.1) is 34.5 Å². The summed E-state index contributed by atoms with van der Waals surface area (Å²) in [5.41, 5.74) is 6.05. The number of hydrogen-bond acceptors (Lipinski definition) is 4. The monoisotopic (exact) mass is 404 g/mol. The number of hydrogen-bond donors (Lipinski definition) is 2. The van der Waals surface area contributed by atoms with Gasteiger partial charge >= 0.3 is 0 Å². The van der Waals surface area contributed by atoms with Gasteiger partial charge in [-0.2, -0.15) is 0 Å². The molecule has 4 fully saturated rings. The fourth-order valence-corrected chi connectivity index (χ4v) is 8.18. The largest absolute Gasteiger partial charge is 0.396 e. The molecule has 4 rings (SSSR count). The van der Waals surface area contributed by atoms with Crippen molar-refractivity contribution in [3.63, 3.8) is 0 Å². The second kappa shape index (κ2) is 8.49. The van der Waals surface area contributed by atoms with Gasteiger partial charge in [-0.1, -0.05) is 25.4 Å². The number of rotatable bonds is 7. The minimum absolute atomic E-state index is 0.457. The lowest BCUT2D eigenvalue weighted by atomic mass is 9.44. The van der Waals surface area contributed by atoms with Crippen molar-refractivity contribution < 1.29 is 9.94 Å². The minimum Gasteiger partial charge on any atom is -0.396 e. The summed E-state index contributed by atoms with van der Waals surface area (Å²) in [7, 11) is 0. The maximum absolute atomic E-state index is 11.3. The van der Waals surface area contributed by atoms with Gasteiger partial charge in [0.05, 0.1) is 5.60 Å². The summed E-state index contributed by atoms with van der Waals surface area (Å²) >= 11 is 0. The summed E-state index contributed by atoms with van der Waals surface area (Å²) in [6.07, 6.45) is 17.5. The molecule has 3 N–H and O–H groups in total. The van der Waals surface area contributed by atoms with Crippen LogP contribution in [0.1, 0.15) is 97.3 Å². The molecule has 166 valence electrons. The van der Waals surface area contributed by atoms with Crippen molar-refractivity contribution in [1.82, 2.24) is 0 Å². The fourth-order valence-electron chi connectivity index (χ4n) is 8.18. The molecular formula is C25H44N2O2. The highest BCUT2D eigenvalue weighted by atomic mass is 16.6. The van der Waals surface area contributed by atoms with Crippen LogP contribution in [-0.2, 0) is 4.84 Å². The first-order valence-corrected chi connectivity index (χ1v) is 12.5. The van der Waals surface area contributed by atoms with Gasteiger partial charge in [0.2, 0.25) is 0 Å². The number of nitrogens with two attached hydrogens (primary N) is 1. The van der Waals surface area contributed by atoms with Crippen molar-refractivity contribution >= 4 is 6.21 Å². The Bertz CT molecular complexity index is 595. The summed E-state index contributed by atoms with van der Waals surface area (Å²) < 4.78 is 0. The third-order valence-corrected chi connectivity index (χ3v) is 9.93. The molecule has 0 spiro atoms. The standard InChI is InChI=1S/C25H44N2O2/c1-23-10-3-6-21(23)20-8-7-19-18-25(28,11-4-16-27-29-17-5-15-26)14-13-24(19,2)22(20)9-12-23/h16,19-22,28H,3-15,17-18,26H2,1-2H3/t19-,20+,21+,22+,23+,24+,25+/m1/s1. The number of fused-ring (bicyclic) bond motifs is 5. The molecular weight excluding hydrogens is 360 g/mol. The molecule has 4 aliphatic rings. The van der Waals surface area contributed by atoms with Crippen LogP contribution >= 0.6 is 0 Å². The molecule has 7 atom stereocenters. The second-order valence-corrected chi connectivity index (χ2v) is 11.5. The van der Waals surface area contributed by atoms with Gasteiger partial charge in [-0.3, -0.25) is 0 Å². The van der Waals surface area contributed by atoms with Crippen LogP contribution < -0.4 is 5.73 Å². The lowest BCUT2D eigenvalue weighted by Gasteiger charge is -2.61. The molecule has 4 nitrogen and oxygen atoms in total. The lowest BCUT2D eigenvalue weighted by molar-refractivity contribution is -0.148. The SMILES string of the molecule is C[C@@]12CCC[C@H]1[C@@H]1CC[C@@H]3C[C@](O)(CCC=NOCCCN)CC[C@]3(C)[C@H]1CC2. The normalized spacial score (nSPS) is 46.9. The topological polar surface area (TPSA) is 67.8 Å². The van der Waals surface area contributed by atoms with Crippen molar-refractivity contribution in [2.24, 2.45) is 45.4 Å². The van der Waals surface area contributed by atoms with Gasteiger partial charge in [-0.05, 0) is 118 Å². The molecule has 0 aromatic rings. The lowest BCUT2D eigenvalue weighted by Crippen LogP contribution is -2.55. The van der Waals surface area contributed by atoms with E-state index in [0.717, 1.165) is 49.9 Å². The van der Waals surface area contributed by atoms with Gasteiger partial charge in [0.1, 0.15) is 6.61 Å². The van der Waals surface area contributed by atoms with E-state index in [1.54, 1.807) is 0 Å².